The van der Waals surface area contributed by atoms with Crippen molar-refractivity contribution in [1.82, 2.24) is 0 Å². The van der Waals surface area contributed by atoms with Crippen LogP contribution in [0.5, 0.6) is 5.75 Å². The number of hydrogen-bond acceptors (Lipinski definition) is 1. The summed E-state index contributed by atoms with van der Waals surface area (Å²) in [6, 6.07) is 10.5. The lowest BCUT2D eigenvalue weighted by molar-refractivity contribution is -0.274. The van der Waals surface area contributed by atoms with Crippen LogP contribution in [0.4, 0.5) is 26.3 Å². The molecule has 0 aromatic heterocycles. The van der Waals surface area contributed by atoms with Gasteiger partial charge < -0.3 is 4.74 Å². The molecule has 0 saturated carbocycles. The van der Waals surface area contributed by atoms with Crippen LogP contribution in [0.1, 0.15) is 42.0 Å². The Bertz CT molecular complexity index is 1190. The number of aryl methyl sites for hydroxylation is 2. The van der Waals surface area contributed by atoms with Crippen molar-refractivity contribution >= 4 is 11.6 Å². The highest BCUT2D eigenvalue weighted by atomic mass is 19.4. The van der Waals surface area contributed by atoms with E-state index in [1.807, 2.05) is 6.92 Å². The lowest BCUT2D eigenvalue weighted by Gasteiger charge is -2.20. The van der Waals surface area contributed by atoms with E-state index in [4.69, 9.17) is 0 Å². The third kappa shape index (κ3) is 5.07. The first-order valence-corrected chi connectivity index (χ1v) is 10.5. The Kier molecular flexibility index (Phi) is 6.23. The molecule has 0 amide bonds. The number of allylic oxidation sites excluding steroid dienone is 1. The molecule has 0 unspecified atom stereocenters. The van der Waals surface area contributed by atoms with Gasteiger partial charge in [-0.15, -0.1) is 13.2 Å². The number of rotatable bonds is 5. The van der Waals surface area contributed by atoms with Crippen molar-refractivity contribution in [2.24, 2.45) is 0 Å². The number of benzene rings is 3. The summed E-state index contributed by atoms with van der Waals surface area (Å²) in [5, 5.41) is 0. The third-order valence-electron chi connectivity index (χ3n) is 5.58. The normalized spacial score (nSPS) is 13.5. The van der Waals surface area contributed by atoms with Crippen molar-refractivity contribution in [3.63, 3.8) is 0 Å². The second kappa shape index (κ2) is 8.96. The molecule has 0 radical (unpaired) electrons. The summed E-state index contributed by atoms with van der Waals surface area (Å²) in [6.07, 6.45) is -1.05. The smallest absolute Gasteiger partial charge is 0.406 e. The molecule has 1 nitrogen and oxygen atoms in total. The topological polar surface area (TPSA) is 9.23 Å². The Labute approximate surface area is 187 Å². The van der Waals surface area contributed by atoms with E-state index in [1.54, 1.807) is 12.1 Å². The zero-order chi connectivity index (χ0) is 23.8. The molecule has 0 N–H and O–H groups in total. The Hall–Kier alpha value is -3.22. The highest BCUT2D eigenvalue weighted by Gasteiger charge is 2.31. The van der Waals surface area contributed by atoms with Crippen LogP contribution in [0.2, 0.25) is 0 Å². The molecule has 4 rings (SSSR count). The molecule has 3 aromatic carbocycles. The zero-order valence-corrected chi connectivity index (χ0v) is 17.7. The molecular formula is C26H20F6O. The second-order valence-corrected chi connectivity index (χ2v) is 7.96. The van der Waals surface area contributed by atoms with Crippen LogP contribution in [0, 0.1) is 17.5 Å². The maximum atomic E-state index is 14.9. The van der Waals surface area contributed by atoms with Gasteiger partial charge in [0.05, 0.1) is 0 Å². The first-order chi connectivity index (χ1) is 15.6. The molecule has 1 aliphatic rings. The van der Waals surface area contributed by atoms with Gasteiger partial charge in [0.1, 0.15) is 23.2 Å². The summed E-state index contributed by atoms with van der Waals surface area (Å²) in [5.41, 5.74) is 2.88. The van der Waals surface area contributed by atoms with E-state index in [0.717, 1.165) is 24.1 Å². The van der Waals surface area contributed by atoms with Crippen molar-refractivity contribution in [2.45, 2.75) is 39.0 Å². The predicted molar refractivity (Wildman–Crippen MR) is 115 cm³/mol. The first kappa shape index (κ1) is 23.0. The Morgan fingerprint density at radius 1 is 0.848 bits per heavy atom. The average molecular weight is 462 g/mol. The number of fused-ring (bicyclic) bond motifs is 1. The van der Waals surface area contributed by atoms with Gasteiger partial charge in [0.25, 0.3) is 0 Å². The van der Waals surface area contributed by atoms with Crippen molar-refractivity contribution in [1.29, 1.82) is 0 Å². The van der Waals surface area contributed by atoms with Gasteiger partial charge in [-0.1, -0.05) is 31.6 Å². The summed E-state index contributed by atoms with van der Waals surface area (Å²) in [7, 11) is 0. The summed E-state index contributed by atoms with van der Waals surface area (Å²) < 4.78 is 85.1. The van der Waals surface area contributed by atoms with Gasteiger partial charge in [-0.2, -0.15) is 0 Å². The van der Waals surface area contributed by atoms with Crippen molar-refractivity contribution in [3.05, 3.63) is 88.2 Å². The van der Waals surface area contributed by atoms with Gasteiger partial charge in [-0.3, -0.25) is 0 Å². The molecule has 0 bridgehead atoms. The van der Waals surface area contributed by atoms with Crippen LogP contribution in [0.25, 0.3) is 22.8 Å². The summed E-state index contributed by atoms with van der Waals surface area (Å²) >= 11 is 0. The van der Waals surface area contributed by atoms with Crippen molar-refractivity contribution < 1.29 is 31.1 Å². The van der Waals surface area contributed by atoms with Crippen molar-refractivity contribution in [2.75, 3.05) is 0 Å². The van der Waals surface area contributed by atoms with E-state index < -0.39 is 29.6 Å². The van der Waals surface area contributed by atoms with Gasteiger partial charge >= 0.3 is 6.36 Å². The van der Waals surface area contributed by atoms with Crippen LogP contribution in [0.15, 0.2) is 48.5 Å². The zero-order valence-electron chi connectivity index (χ0n) is 17.7. The lowest BCUT2D eigenvalue weighted by Crippen LogP contribution is -2.16. The SMILES string of the molecule is CCCc1cc(F)c(C2=Cc3cc(F)c(-c4ccc(OC(F)(F)F)cc4)cc3CC2)c(F)c1. The number of alkyl halides is 3. The highest BCUT2D eigenvalue weighted by Crippen LogP contribution is 2.37. The molecule has 0 spiro atoms. The fourth-order valence-corrected chi connectivity index (χ4v) is 4.13. The van der Waals surface area contributed by atoms with E-state index in [2.05, 4.69) is 4.74 Å². The van der Waals surface area contributed by atoms with Crippen LogP contribution in [-0.4, -0.2) is 6.36 Å². The fourth-order valence-electron chi connectivity index (χ4n) is 4.13. The molecule has 1 aliphatic carbocycles. The minimum absolute atomic E-state index is 0.0924. The van der Waals surface area contributed by atoms with Crippen LogP contribution in [0.3, 0.4) is 0 Å². The average Bonchev–Trinajstić information content (AvgIpc) is 2.72. The molecule has 33 heavy (non-hydrogen) atoms. The molecule has 0 atom stereocenters. The standard InChI is InChI=1S/C26H20F6O/c1-2-3-15-10-23(28)25(24(29)11-15)18-5-4-17-13-21(22(27)14-19(17)12-18)16-6-8-20(9-7-16)33-26(30,31)32/h6-14H,2-5H2,1H3. The molecule has 172 valence electrons. The number of halogens is 6. The van der Waals surface area contributed by atoms with Gasteiger partial charge in [0.15, 0.2) is 0 Å². The minimum Gasteiger partial charge on any atom is -0.406 e. The predicted octanol–water partition coefficient (Wildman–Crippen LogP) is 8.11. The van der Waals surface area contributed by atoms with Gasteiger partial charge in [-0.25, -0.2) is 13.2 Å². The number of hydrogen-bond donors (Lipinski definition) is 0. The molecule has 0 fully saturated rings. The molecule has 0 heterocycles. The maximum Gasteiger partial charge on any atom is 0.573 e. The third-order valence-corrected chi connectivity index (χ3v) is 5.58. The maximum absolute atomic E-state index is 14.9. The summed E-state index contributed by atoms with van der Waals surface area (Å²) in [4.78, 5) is 0. The molecule has 3 aromatic rings. The van der Waals surface area contributed by atoms with E-state index in [9.17, 15) is 26.3 Å². The van der Waals surface area contributed by atoms with E-state index in [-0.39, 0.29) is 11.1 Å². The first-order valence-electron chi connectivity index (χ1n) is 10.5. The highest BCUT2D eigenvalue weighted by molar-refractivity contribution is 5.86. The summed E-state index contributed by atoms with van der Waals surface area (Å²) in [6.45, 7) is 1.93. The van der Waals surface area contributed by atoms with Gasteiger partial charge in [0.2, 0.25) is 0 Å². The number of ether oxygens (including phenoxy) is 1. The lowest BCUT2D eigenvalue weighted by atomic mass is 9.86. The van der Waals surface area contributed by atoms with Crippen molar-refractivity contribution in [3.8, 4) is 16.9 Å². The molecule has 7 heteroatoms. The molecular weight excluding hydrogens is 442 g/mol. The second-order valence-electron chi connectivity index (χ2n) is 7.96. The quantitative estimate of drug-likeness (QED) is 0.348. The van der Waals surface area contributed by atoms with E-state index in [1.165, 1.54) is 30.3 Å². The Morgan fingerprint density at radius 2 is 1.52 bits per heavy atom. The Morgan fingerprint density at radius 3 is 2.12 bits per heavy atom. The van der Waals surface area contributed by atoms with Crippen LogP contribution >= 0.6 is 0 Å². The molecule has 0 saturated heterocycles. The molecule has 0 aliphatic heterocycles. The van der Waals surface area contributed by atoms with E-state index in [0.29, 0.717) is 41.5 Å². The largest absolute Gasteiger partial charge is 0.573 e. The monoisotopic (exact) mass is 462 g/mol. The van der Waals surface area contributed by atoms with E-state index >= 15 is 0 Å². The van der Waals surface area contributed by atoms with Crippen LogP contribution < -0.4 is 4.74 Å². The minimum atomic E-state index is -4.81. The van der Waals surface area contributed by atoms with Gasteiger partial charge in [0, 0.05) is 11.1 Å². The Balaban J connectivity index is 1.65. The summed E-state index contributed by atoms with van der Waals surface area (Å²) in [5.74, 6) is -2.25. The van der Waals surface area contributed by atoms with Crippen LogP contribution in [-0.2, 0) is 12.8 Å². The fraction of sp³-hybridized carbons (Fsp3) is 0.231. The van der Waals surface area contributed by atoms with Gasteiger partial charge in [-0.05, 0) is 83.5 Å².